The van der Waals surface area contributed by atoms with Gasteiger partial charge in [0.25, 0.3) is 0 Å². The van der Waals surface area contributed by atoms with Crippen LogP contribution < -0.4 is 21.1 Å². The van der Waals surface area contributed by atoms with E-state index in [0.717, 1.165) is 0 Å². The van der Waals surface area contributed by atoms with Gasteiger partial charge in [-0.25, -0.2) is 9.59 Å². The van der Waals surface area contributed by atoms with E-state index in [0.29, 0.717) is 34.7 Å². The molecule has 0 radical (unpaired) electrons. The predicted molar refractivity (Wildman–Crippen MR) is 106 cm³/mol. The van der Waals surface area contributed by atoms with Crippen LogP contribution >= 0.6 is 0 Å². The predicted octanol–water partition coefficient (Wildman–Crippen LogP) is 3.71. The second kappa shape index (κ2) is 7.90. The summed E-state index contributed by atoms with van der Waals surface area (Å²) in [4.78, 5) is 29.2. The summed E-state index contributed by atoms with van der Waals surface area (Å²) in [5.41, 5.74) is 0.737. The third-order valence-corrected chi connectivity index (χ3v) is 3.98. The molecule has 3 aromatic rings. The van der Waals surface area contributed by atoms with Gasteiger partial charge in [-0.3, -0.25) is 9.88 Å². The fraction of sp³-hybridized carbons (Fsp3) is 0.250. The Morgan fingerprint density at radius 3 is 2.67 bits per heavy atom. The first-order chi connectivity index (χ1) is 13.0. The monoisotopic (exact) mass is 366 g/mol. The number of benzene rings is 2. The number of anilines is 2. The maximum atomic E-state index is 12.6. The number of nitrogens with one attached hydrogen (secondary N) is 2. The van der Waals surface area contributed by atoms with Crippen molar-refractivity contribution < 1.29 is 9.53 Å². The van der Waals surface area contributed by atoms with E-state index in [1.54, 1.807) is 37.4 Å². The zero-order valence-electron chi connectivity index (χ0n) is 15.5. The van der Waals surface area contributed by atoms with Gasteiger partial charge in [0, 0.05) is 23.7 Å². The minimum absolute atomic E-state index is 0.215. The molecule has 7 heteroatoms. The Morgan fingerprint density at radius 1 is 1.15 bits per heavy atom. The van der Waals surface area contributed by atoms with Crippen LogP contribution in [0.15, 0.2) is 53.3 Å². The molecule has 1 aromatic heterocycles. The number of hydrogen-bond acceptors (Lipinski definition) is 4. The first kappa shape index (κ1) is 18.4. The van der Waals surface area contributed by atoms with E-state index in [9.17, 15) is 9.59 Å². The summed E-state index contributed by atoms with van der Waals surface area (Å²) in [5.74, 6) is 1.28. The lowest BCUT2D eigenvalue weighted by Crippen LogP contribution is -2.31. The minimum atomic E-state index is -0.448. The molecular formula is C20H22N4O3. The topological polar surface area (TPSA) is 85.2 Å². The number of aromatic nitrogens is 2. The summed E-state index contributed by atoms with van der Waals surface area (Å²) in [6.07, 6.45) is 0. The van der Waals surface area contributed by atoms with Gasteiger partial charge in [-0.05, 0) is 30.2 Å². The van der Waals surface area contributed by atoms with E-state index < -0.39 is 6.03 Å². The molecular weight excluding hydrogens is 344 g/mol. The third kappa shape index (κ3) is 4.25. The summed E-state index contributed by atoms with van der Waals surface area (Å²) < 4.78 is 6.66. The van der Waals surface area contributed by atoms with E-state index in [1.807, 2.05) is 32.0 Å². The highest BCUT2D eigenvalue weighted by Gasteiger charge is 2.15. The molecule has 0 aliphatic rings. The summed E-state index contributed by atoms with van der Waals surface area (Å²) in [6, 6.07) is 13.8. The summed E-state index contributed by atoms with van der Waals surface area (Å²) >= 11 is 0. The number of rotatable bonds is 5. The molecule has 0 saturated carbocycles. The van der Waals surface area contributed by atoms with Gasteiger partial charge in [0.05, 0.1) is 12.6 Å². The Balaban J connectivity index is 1.96. The number of carbonyl (C=O) groups excluding carboxylic acids is 1. The molecule has 2 N–H and O–H groups in total. The smallest absolute Gasteiger partial charge is 0.349 e. The number of ether oxygens (including phenoxy) is 1. The van der Waals surface area contributed by atoms with Gasteiger partial charge < -0.3 is 10.1 Å². The Labute approximate surface area is 157 Å². The average molecular weight is 366 g/mol. The highest BCUT2D eigenvalue weighted by molar-refractivity contribution is 6.04. The number of nitrogens with zero attached hydrogens (tertiary/aromatic N) is 2. The molecule has 2 aromatic carbocycles. The van der Waals surface area contributed by atoms with Gasteiger partial charge in [-0.15, -0.1) is 0 Å². The number of carbonyl (C=O) groups is 1. The van der Waals surface area contributed by atoms with Crippen LogP contribution in [0.5, 0.6) is 5.75 Å². The lowest BCUT2D eigenvalue weighted by Gasteiger charge is -2.17. The van der Waals surface area contributed by atoms with Gasteiger partial charge in [-0.1, -0.05) is 32.0 Å². The van der Waals surface area contributed by atoms with E-state index in [-0.39, 0.29) is 11.6 Å². The van der Waals surface area contributed by atoms with Crippen LogP contribution in [-0.4, -0.2) is 22.7 Å². The van der Waals surface area contributed by atoms with Gasteiger partial charge in [0.15, 0.2) is 0 Å². The molecule has 2 amide bonds. The lowest BCUT2D eigenvalue weighted by molar-refractivity contribution is 0.262. The van der Waals surface area contributed by atoms with Crippen molar-refractivity contribution in [2.75, 3.05) is 17.7 Å². The largest absolute Gasteiger partial charge is 0.497 e. The summed E-state index contributed by atoms with van der Waals surface area (Å²) in [5, 5.41) is 6.29. The molecule has 27 heavy (non-hydrogen) atoms. The Bertz CT molecular complexity index is 1030. The molecule has 0 aliphatic heterocycles. The van der Waals surface area contributed by atoms with Gasteiger partial charge >= 0.3 is 11.7 Å². The first-order valence-electron chi connectivity index (χ1n) is 8.69. The molecule has 0 bridgehead atoms. The van der Waals surface area contributed by atoms with Crippen molar-refractivity contribution in [3.63, 3.8) is 0 Å². The normalized spacial score (nSPS) is 10.8. The number of urea groups is 1. The van der Waals surface area contributed by atoms with Crippen molar-refractivity contribution in [1.29, 1.82) is 0 Å². The number of para-hydroxylation sites is 1. The molecule has 140 valence electrons. The van der Waals surface area contributed by atoms with Crippen molar-refractivity contribution in [2.45, 2.75) is 20.4 Å². The van der Waals surface area contributed by atoms with Crippen LogP contribution in [0, 0.1) is 5.92 Å². The third-order valence-electron chi connectivity index (χ3n) is 3.98. The maximum absolute atomic E-state index is 12.6. The van der Waals surface area contributed by atoms with Crippen molar-refractivity contribution in [3.8, 4) is 5.75 Å². The Morgan fingerprint density at radius 2 is 1.93 bits per heavy atom. The van der Waals surface area contributed by atoms with Crippen LogP contribution in [0.2, 0.25) is 0 Å². The molecule has 0 aliphatic carbocycles. The fourth-order valence-electron chi connectivity index (χ4n) is 2.82. The molecule has 3 rings (SSSR count). The van der Waals surface area contributed by atoms with Crippen molar-refractivity contribution >= 4 is 28.4 Å². The van der Waals surface area contributed by atoms with Crippen molar-refractivity contribution in [1.82, 2.24) is 9.55 Å². The molecule has 0 spiro atoms. The number of amides is 2. The van der Waals surface area contributed by atoms with Crippen LogP contribution in [0.3, 0.4) is 0 Å². The number of hydrogen-bond donors (Lipinski definition) is 2. The zero-order valence-corrected chi connectivity index (χ0v) is 15.5. The van der Waals surface area contributed by atoms with Crippen molar-refractivity contribution in [2.24, 2.45) is 5.92 Å². The lowest BCUT2D eigenvalue weighted by atomic mass is 10.2. The fourth-order valence-corrected chi connectivity index (χ4v) is 2.82. The van der Waals surface area contributed by atoms with Crippen LogP contribution in [0.4, 0.5) is 16.3 Å². The highest BCUT2D eigenvalue weighted by atomic mass is 16.5. The standard InChI is InChI=1S/C20H22N4O3/c1-13(2)12-24-18(16-9-4-5-10-17(16)22-20(24)26)23-19(25)21-14-7-6-8-15(11-14)27-3/h4-11,13H,12H2,1-3H3,(H2,21,23,25). The zero-order chi connectivity index (χ0) is 19.4. The second-order valence-corrected chi connectivity index (χ2v) is 6.58. The maximum Gasteiger partial charge on any atom is 0.349 e. The number of methoxy groups -OCH3 is 1. The van der Waals surface area contributed by atoms with E-state index >= 15 is 0 Å². The summed E-state index contributed by atoms with van der Waals surface area (Å²) in [6.45, 7) is 4.45. The van der Waals surface area contributed by atoms with Crippen LogP contribution in [0.25, 0.3) is 10.9 Å². The Kier molecular flexibility index (Phi) is 5.40. The average Bonchev–Trinajstić information content (AvgIpc) is 2.64. The number of fused-ring (bicyclic) bond motifs is 1. The van der Waals surface area contributed by atoms with E-state index in [4.69, 9.17) is 4.74 Å². The quantitative estimate of drug-likeness (QED) is 0.721. The van der Waals surface area contributed by atoms with E-state index in [1.165, 1.54) is 4.57 Å². The van der Waals surface area contributed by atoms with Crippen LogP contribution in [-0.2, 0) is 6.54 Å². The minimum Gasteiger partial charge on any atom is -0.497 e. The van der Waals surface area contributed by atoms with Gasteiger partial charge in [-0.2, -0.15) is 4.98 Å². The molecule has 0 unspecified atom stereocenters. The molecule has 0 atom stereocenters. The Hall–Kier alpha value is -3.35. The van der Waals surface area contributed by atoms with Gasteiger partial charge in [0.1, 0.15) is 11.6 Å². The molecule has 0 saturated heterocycles. The molecule has 7 nitrogen and oxygen atoms in total. The van der Waals surface area contributed by atoms with E-state index in [2.05, 4.69) is 15.6 Å². The summed E-state index contributed by atoms with van der Waals surface area (Å²) in [7, 11) is 1.56. The second-order valence-electron chi connectivity index (χ2n) is 6.58. The molecule has 0 fully saturated rings. The first-order valence-corrected chi connectivity index (χ1v) is 8.69. The highest BCUT2D eigenvalue weighted by Crippen LogP contribution is 2.22. The van der Waals surface area contributed by atoms with Crippen LogP contribution in [0.1, 0.15) is 13.8 Å². The van der Waals surface area contributed by atoms with Crippen molar-refractivity contribution in [3.05, 3.63) is 59.0 Å². The SMILES string of the molecule is COc1cccc(NC(=O)Nc2c3ccccc3nc(=O)n2CC(C)C)c1. The molecule has 1 heterocycles. The van der Waals surface area contributed by atoms with Gasteiger partial charge in [0.2, 0.25) is 0 Å².